The molecule has 3 rings (SSSR count). The molecule has 0 radical (unpaired) electrons. The highest BCUT2D eigenvalue weighted by molar-refractivity contribution is 7.89. The van der Waals surface area contributed by atoms with Crippen LogP contribution in [0.1, 0.15) is 43.1 Å². The van der Waals surface area contributed by atoms with Gasteiger partial charge in [0.05, 0.1) is 4.90 Å². The van der Waals surface area contributed by atoms with E-state index in [1.54, 1.807) is 55.1 Å². The summed E-state index contributed by atoms with van der Waals surface area (Å²) in [4.78, 5) is 37.6. The van der Waals surface area contributed by atoms with Crippen LogP contribution in [0.4, 0.5) is 11.4 Å². The van der Waals surface area contributed by atoms with E-state index >= 15 is 0 Å². The summed E-state index contributed by atoms with van der Waals surface area (Å²) in [5.41, 5.74) is 2.57. The molecule has 0 saturated heterocycles. The number of fused-ring (bicyclic) bond motifs is 1. The summed E-state index contributed by atoms with van der Waals surface area (Å²) in [6.07, 6.45) is 1.49. The number of aryl methyl sites for hydroxylation is 1. The van der Waals surface area contributed by atoms with Crippen LogP contribution < -0.4 is 20.3 Å². The first-order valence-electron chi connectivity index (χ1n) is 11.2. The van der Waals surface area contributed by atoms with Crippen molar-refractivity contribution in [3.63, 3.8) is 0 Å². The zero-order valence-electron chi connectivity index (χ0n) is 19.6. The topological polar surface area (TPSA) is 125 Å². The Bertz CT molecular complexity index is 1180. The third-order valence-electron chi connectivity index (χ3n) is 5.50. The van der Waals surface area contributed by atoms with Crippen LogP contribution in [0.3, 0.4) is 0 Å². The minimum absolute atomic E-state index is 0.0211. The van der Waals surface area contributed by atoms with E-state index in [0.29, 0.717) is 24.2 Å². The monoisotopic (exact) mass is 486 g/mol. The van der Waals surface area contributed by atoms with Crippen LogP contribution in [0, 0.1) is 5.92 Å². The molecular formula is C24H30N4O5S. The maximum absolute atomic E-state index is 12.7. The van der Waals surface area contributed by atoms with E-state index in [-0.39, 0.29) is 41.6 Å². The van der Waals surface area contributed by atoms with Crippen molar-refractivity contribution in [2.75, 3.05) is 29.9 Å². The molecule has 0 aromatic heterocycles. The number of anilines is 2. The number of hydrogen-bond acceptors (Lipinski definition) is 5. The van der Waals surface area contributed by atoms with Crippen LogP contribution >= 0.6 is 0 Å². The fourth-order valence-electron chi connectivity index (χ4n) is 3.61. The zero-order valence-corrected chi connectivity index (χ0v) is 20.4. The van der Waals surface area contributed by atoms with Crippen LogP contribution in [0.15, 0.2) is 47.4 Å². The lowest BCUT2D eigenvalue weighted by atomic mass is 10.0. The third kappa shape index (κ3) is 6.21. The molecule has 1 aliphatic heterocycles. The van der Waals surface area contributed by atoms with Gasteiger partial charge in [0, 0.05) is 49.4 Å². The molecule has 2 aromatic carbocycles. The lowest BCUT2D eigenvalue weighted by Gasteiger charge is -2.28. The molecule has 0 bridgehead atoms. The Morgan fingerprint density at radius 2 is 1.74 bits per heavy atom. The Morgan fingerprint density at radius 3 is 2.38 bits per heavy atom. The number of carbonyl (C=O) groups excluding carboxylic acids is 3. The van der Waals surface area contributed by atoms with Gasteiger partial charge in [-0.25, -0.2) is 13.1 Å². The van der Waals surface area contributed by atoms with E-state index < -0.39 is 10.0 Å². The van der Waals surface area contributed by atoms with E-state index in [0.717, 1.165) is 17.7 Å². The molecule has 10 heteroatoms. The number of hydrogen-bond donors (Lipinski definition) is 3. The van der Waals surface area contributed by atoms with Gasteiger partial charge in [-0.05, 0) is 60.9 Å². The van der Waals surface area contributed by atoms with E-state index in [1.807, 2.05) is 0 Å². The van der Waals surface area contributed by atoms with E-state index in [9.17, 15) is 22.8 Å². The summed E-state index contributed by atoms with van der Waals surface area (Å²) in [5.74, 6) is -0.678. The maximum Gasteiger partial charge on any atom is 0.251 e. The van der Waals surface area contributed by atoms with E-state index in [4.69, 9.17) is 0 Å². The van der Waals surface area contributed by atoms with Gasteiger partial charge in [-0.15, -0.1) is 0 Å². The molecule has 182 valence electrons. The molecule has 9 nitrogen and oxygen atoms in total. The Balaban J connectivity index is 1.53. The molecule has 0 spiro atoms. The van der Waals surface area contributed by atoms with Crippen molar-refractivity contribution in [3.05, 3.63) is 53.6 Å². The van der Waals surface area contributed by atoms with Crippen molar-refractivity contribution in [2.24, 2.45) is 5.92 Å². The van der Waals surface area contributed by atoms with Gasteiger partial charge in [0.1, 0.15) is 0 Å². The minimum Gasteiger partial charge on any atom is -0.351 e. The summed E-state index contributed by atoms with van der Waals surface area (Å²) < 4.78 is 27.9. The number of rotatable bonds is 8. The molecule has 34 heavy (non-hydrogen) atoms. The van der Waals surface area contributed by atoms with Gasteiger partial charge in [0.2, 0.25) is 21.8 Å². The van der Waals surface area contributed by atoms with Gasteiger partial charge in [-0.2, -0.15) is 0 Å². The zero-order chi connectivity index (χ0) is 24.9. The Morgan fingerprint density at radius 1 is 1.03 bits per heavy atom. The van der Waals surface area contributed by atoms with Crippen LogP contribution in [0.25, 0.3) is 0 Å². The van der Waals surface area contributed by atoms with Crippen LogP contribution in [0.5, 0.6) is 0 Å². The van der Waals surface area contributed by atoms with Crippen molar-refractivity contribution < 1.29 is 22.8 Å². The number of nitrogens with zero attached hydrogens (tertiary/aromatic N) is 1. The molecular weight excluding hydrogens is 456 g/mol. The van der Waals surface area contributed by atoms with Crippen LogP contribution in [-0.2, 0) is 26.0 Å². The molecule has 0 fully saturated rings. The number of sulfonamides is 1. The standard InChI is InChI=1S/C24H30N4O5S/c1-16(2)23(30)27-20-8-6-18(7-9-20)24(31)25-12-13-26-34(32,33)21-10-11-22-19(15-21)5-4-14-28(22)17(3)29/h6-11,15-16,26H,4-5,12-14H2,1-3H3,(H,25,31)(H,27,30). The quantitative estimate of drug-likeness (QED) is 0.494. The van der Waals surface area contributed by atoms with Crippen molar-refractivity contribution in [1.29, 1.82) is 0 Å². The molecule has 0 aliphatic carbocycles. The molecule has 3 amide bonds. The summed E-state index contributed by atoms with van der Waals surface area (Å²) >= 11 is 0. The van der Waals surface area contributed by atoms with E-state index in [1.165, 1.54) is 13.0 Å². The number of amides is 3. The molecule has 1 aliphatic rings. The molecule has 0 atom stereocenters. The van der Waals surface area contributed by atoms with Gasteiger partial charge >= 0.3 is 0 Å². The largest absolute Gasteiger partial charge is 0.351 e. The van der Waals surface area contributed by atoms with Gasteiger partial charge in [0.25, 0.3) is 5.91 Å². The predicted molar refractivity (Wildman–Crippen MR) is 130 cm³/mol. The predicted octanol–water partition coefficient (Wildman–Crippen LogP) is 2.29. The molecule has 1 heterocycles. The average molecular weight is 487 g/mol. The SMILES string of the molecule is CC(=O)N1CCCc2cc(S(=O)(=O)NCCNC(=O)c3ccc(NC(=O)C(C)C)cc3)ccc21. The Hall–Kier alpha value is -3.24. The summed E-state index contributed by atoms with van der Waals surface area (Å²) in [6.45, 7) is 5.83. The van der Waals surface area contributed by atoms with Crippen molar-refractivity contribution in [1.82, 2.24) is 10.0 Å². The summed E-state index contributed by atoms with van der Waals surface area (Å²) in [5, 5.41) is 5.42. The fraction of sp³-hybridized carbons (Fsp3) is 0.375. The normalized spacial score (nSPS) is 13.4. The van der Waals surface area contributed by atoms with E-state index in [2.05, 4.69) is 15.4 Å². The van der Waals surface area contributed by atoms with Crippen LogP contribution in [-0.4, -0.2) is 45.8 Å². The number of benzene rings is 2. The molecule has 3 N–H and O–H groups in total. The first-order valence-corrected chi connectivity index (χ1v) is 12.7. The smallest absolute Gasteiger partial charge is 0.251 e. The summed E-state index contributed by atoms with van der Waals surface area (Å²) in [6, 6.07) is 11.2. The van der Waals surface area contributed by atoms with Gasteiger partial charge in [-0.1, -0.05) is 13.8 Å². The highest BCUT2D eigenvalue weighted by Gasteiger charge is 2.23. The average Bonchev–Trinajstić information content (AvgIpc) is 2.81. The Kier molecular flexibility index (Phi) is 8.06. The lowest BCUT2D eigenvalue weighted by Crippen LogP contribution is -2.35. The van der Waals surface area contributed by atoms with Crippen molar-refractivity contribution in [3.8, 4) is 0 Å². The second kappa shape index (κ2) is 10.8. The fourth-order valence-corrected chi connectivity index (χ4v) is 4.69. The van der Waals surface area contributed by atoms with Gasteiger partial charge in [0.15, 0.2) is 0 Å². The lowest BCUT2D eigenvalue weighted by molar-refractivity contribution is -0.119. The molecule has 0 unspecified atom stereocenters. The van der Waals surface area contributed by atoms with Crippen molar-refractivity contribution >= 4 is 39.1 Å². The first kappa shape index (κ1) is 25.4. The second-order valence-corrected chi connectivity index (χ2v) is 10.2. The van der Waals surface area contributed by atoms with Crippen molar-refractivity contribution in [2.45, 2.75) is 38.5 Å². The van der Waals surface area contributed by atoms with Gasteiger partial charge in [-0.3, -0.25) is 14.4 Å². The first-order chi connectivity index (χ1) is 16.1. The highest BCUT2D eigenvalue weighted by Crippen LogP contribution is 2.29. The minimum atomic E-state index is -3.76. The highest BCUT2D eigenvalue weighted by atomic mass is 32.2. The summed E-state index contributed by atoms with van der Waals surface area (Å²) in [7, 11) is -3.76. The third-order valence-corrected chi connectivity index (χ3v) is 6.96. The number of nitrogens with one attached hydrogen (secondary N) is 3. The molecule has 0 saturated carbocycles. The maximum atomic E-state index is 12.7. The Labute approximate surface area is 200 Å². The van der Waals surface area contributed by atoms with Crippen LogP contribution in [0.2, 0.25) is 0 Å². The number of carbonyl (C=O) groups is 3. The van der Waals surface area contributed by atoms with Gasteiger partial charge < -0.3 is 15.5 Å². The second-order valence-electron chi connectivity index (χ2n) is 8.44. The molecule has 2 aromatic rings.